The van der Waals surface area contributed by atoms with E-state index in [1.807, 2.05) is 0 Å². The van der Waals surface area contributed by atoms with Gasteiger partial charge in [-0.2, -0.15) is 13.2 Å². The molecule has 0 bridgehead atoms. The van der Waals surface area contributed by atoms with Crippen molar-refractivity contribution in [2.45, 2.75) is 18.6 Å². The summed E-state index contributed by atoms with van der Waals surface area (Å²) in [6.45, 7) is 0. The van der Waals surface area contributed by atoms with Crippen molar-refractivity contribution in [1.29, 1.82) is 0 Å². The van der Waals surface area contributed by atoms with Gasteiger partial charge in [0.05, 0.1) is 6.42 Å². The minimum absolute atomic E-state index is 0.0818. The van der Waals surface area contributed by atoms with Crippen molar-refractivity contribution in [3.8, 4) is 0 Å². The Kier molecular flexibility index (Phi) is 3.54. The van der Waals surface area contributed by atoms with Gasteiger partial charge >= 0.3 is 12.1 Å². The number of carboxylic acid groups (broad SMARTS) is 1. The molecule has 0 fully saturated rings. The molecule has 16 heavy (non-hydrogen) atoms. The van der Waals surface area contributed by atoms with Gasteiger partial charge in [0.25, 0.3) is 0 Å². The third-order valence-electron chi connectivity index (χ3n) is 2.05. The molecule has 0 amide bonds. The van der Waals surface area contributed by atoms with Crippen LogP contribution in [-0.4, -0.2) is 17.3 Å². The van der Waals surface area contributed by atoms with Crippen molar-refractivity contribution in [3.63, 3.8) is 0 Å². The SMILES string of the molecule is NC(c1ccc(CC(=O)O)cc1)C(F)(F)F. The number of carboxylic acids is 1. The number of alkyl halides is 3. The van der Waals surface area contributed by atoms with Gasteiger partial charge in [0.1, 0.15) is 6.04 Å². The van der Waals surface area contributed by atoms with Crippen LogP contribution >= 0.6 is 0 Å². The molecule has 1 aromatic carbocycles. The Morgan fingerprint density at radius 2 is 1.81 bits per heavy atom. The largest absolute Gasteiger partial charge is 0.481 e. The van der Waals surface area contributed by atoms with E-state index >= 15 is 0 Å². The lowest BCUT2D eigenvalue weighted by molar-refractivity contribution is -0.149. The topological polar surface area (TPSA) is 63.3 Å². The number of nitrogens with two attached hydrogens (primary N) is 1. The maximum absolute atomic E-state index is 12.2. The van der Waals surface area contributed by atoms with E-state index in [-0.39, 0.29) is 12.0 Å². The molecule has 6 heteroatoms. The van der Waals surface area contributed by atoms with Gasteiger partial charge in [0, 0.05) is 0 Å². The maximum atomic E-state index is 12.2. The lowest BCUT2D eigenvalue weighted by atomic mass is 10.0. The zero-order valence-electron chi connectivity index (χ0n) is 8.16. The van der Waals surface area contributed by atoms with Gasteiger partial charge in [-0.3, -0.25) is 4.79 Å². The number of benzene rings is 1. The summed E-state index contributed by atoms with van der Waals surface area (Å²) in [6.07, 6.45) is -4.71. The van der Waals surface area contributed by atoms with Crippen LogP contribution in [0.15, 0.2) is 24.3 Å². The van der Waals surface area contributed by atoms with E-state index in [1.165, 1.54) is 24.3 Å². The van der Waals surface area contributed by atoms with Crippen molar-refractivity contribution in [3.05, 3.63) is 35.4 Å². The van der Waals surface area contributed by atoms with Gasteiger partial charge < -0.3 is 10.8 Å². The summed E-state index contributed by atoms with van der Waals surface area (Å²) in [5.74, 6) is -1.03. The van der Waals surface area contributed by atoms with Gasteiger partial charge in [-0.25, -0.2) is 0 Å². The summed E-state index contributed by atoms with van der Waals surface area (Å²) in [5, 5.41) is 8.47. The first kappa shape index (κ1) is 12.5. The van der Waals surface area contributed by atoms with Gasteiger partial charge in [0.2, 0.25) is 0 Å². The molecule has 88 valence electrons. The molecule has 1 aromatic rings. The molecule has 0 aliphatic heterocycles. The molecule has 1 rings (SSSR count). The fourth-order valence-corrected chi connectivity index (χ4v) is 1.21. The highest BCUT2D eigenvalue weighted by molar-refractivity contribution is 5.70. The molecule has 0 aromatic heterocycles. The summed E-state index contributed by atoms with van der Waals surface area (Å²) in [7, 11) is 0. The molecule has 0 spiro atoms. The molecule has 0 heterocycles. The number of rotatable bonds is 3. The Hall–Kier alpha value is -1.56. The lowest BCUT2D eigenvalue weighted by Crippen LogP contribution is -2.28. The zero-order valence-corrected chi connectivity index (χ0v) is 8.16. The van der Waals surface area contributed by atoms with E-state index in [4.69, 9.17) is 10.8 Å². The van der Waals surface area contributed by atoms with Crippen LogP contribution in [0.25, 0.3) is 0 Å². The molecule has 1 unspecified atom stereocenters. The van der Waals surface area contributed by atoms with Crippen LogP contribution in [0, 0.1) is 0 Å². The van der Waals surface area contributed by atoms with E-state index < -0.39 is 18.2 Å². The minimum atomic E-state index is -4.49. The number of hydrogen-bond acceptors (Lipinski definition) is 2. The highest BCUT2D eigenvalue weighted by atomic mass is 19.4. The average molecular weight is 233 g/mol. The molecule has 3 nitrogen and oxygen atoms in total. The third-order valence-corrected chi connectivity index (χ3v) is 2.05. The van der Waals surface area contributed by atoms with E-state index in [2.05, 4.69) is 0 Å². The van der Waals surface area contributed by atoms with Crippen molar-refractivity contribution >= 4 is 5.97 Å². The number of aliphatic carboxylic acids is 1. The smallest absolute Gasteiger partial charge is 0.407 e. The van der Waals surface area contributed by atoms with E-state index in [9.17, 15) is 18.0 Å². The molecule has 0 aliphatic carbocycles. The number of hydrogen-bond donors (Lipinski definition) is 2. The normalized spacial score (nSPS) is 13.5. The summed E-state index contributed by atoms with van der Waals surface area (Å²) in [6, 6.07) is 3.00. The van der Waals surface area contributed by atoms with Crippen LogP contribution < -0.4 is 5.73 Å². The van der Waals surface area contributed by atoms with Crippen LogP contribution in [0.2, 0.25) is 0 Å². The first-order valence-electron chi connectivity index (χ1n) is 4.43. The van der Waals surface area contributed by atoms with E-state index in [0.29, 0.717) is 5.56 Å². The number of halogens is 3. The van der Waals surface area contributed by atoms with Crippen LogP contribution in [0.1, 0.15) is 17.2 Å². The monoisotopic (exact) mass is 233 g/mol. The molecular weight excluding hydrogens is 223 g/mol. The minimum Gasteiger partial charge on any atom is -0.481 e. The Morgan fingerprint density at radius 1 is 1.31 bits per heavy atom. The molecule has 1 atom stereocenters. The summed E-state index contributed by atoms with van der Waals surface area (Å²) in [5.41, 5.74) is 5.34. The van der Waals surface area contributed by atoms with Crippen LogP contribution in [-0.2, 0) is 11.2 Å². The summed E-state index contributed by atoms with van der Waals surface area (Å²) >= 11 is 0. The standard InChI is InChI=1S/C10H10F3NO2/c11-10(12,13)9(14)7-3-1-6(2-4-7)5-8(15)16/h1-4,9H,5,14H2,(H,15,16). The molecule has 3 N–H and O–H groups in total. The van der Waals surface area contributed by atoms with Crippen LogP contribution in [0.5, 0.6) is 0 Å². The molecule has 0 saturated heterocycles. The first-order chi connectivity index (χ1) is 7.30. The quantitative estimate of drug-likeness (QED) is 0.837. The Balaban J connectivity index is 2.83. The first-order valence-corrected chi connectivity index (χ1v) is 4.43. The van der Waals surface area contributed by atoms with Gasteiger partial charge in [-0.1, -0.05) is 24.3 Å². The third kappa shape index (κ3) is 3.23. The highest BCUT2D eigenvalue weighted by Crippen LogP contribution is 2.30. The Bertz CT molecular complexity index is 373. The predicted octanol–water partition coefficient (Wildman–Crippen LogP) is 1.88. The Labute approximate surface area is 89.7 Å². The predicted molar refractivity (Wildman–Crippen MR) is 50.8 cm³/mol. The van der Waals surface area contributed by atoms with Gasteiger partial charge in [-0.05, 0) is 11.1 Å². The maximum Gasteiger partial charge on any atom is 0.407 e. The van der Waals surface area contributed by atoms with Crippen molar-refractivity contribution in [1.82, 2.24) is 0 Å². The second-order valence-corrected chi connectivity index (χ2v) is 3.33. The second kappa shape index (κ2) is 4.52. The molecule has 0 saturated carbocycles. The Morgan fingerprint density at radius 3 is 2.19 bits per heavy atom. The second-order valence-electron chi connectivity index (χ2n) is 3.33. The van der Waals surface area contributed by atoms with Crippen molar-refractivity contribution in [2.24, 2.45) is 5.73 Å². The molecular formula is C10H10F3NO2. The summed E-state index contributed by atoms with van der Waals surface area (Å²) in [4.78, 5) is 10.3. The fraction of sp³-hybridized carbons (Fsp3) is 0.300. The lowest BCUT2D eigenvalue weighted by Gasteiger charge is -2.15. The fourth-order valence-electron chi connectivity index (χ4n) is 1.21. The highest BCUT2D eigenvalue weighted by Gasteiger charge is 2.37. The number of carbonyl (C=O) groups is 1. The van der Waals surface area contributed by atoms with E-state index in [0.717, 1.165) is 0 Å². The summed E-state index contributed by atoms with van der Waals surface area (Å²) < 4.78 is 36.7. The van der Waals surface area contributed by atoms with Crippen molar-refractivity contribution < 1.29 is 23.1 Å². The molecule has 0 radical (unpaired) electrons. The molecule has 0 aliphatic rings. The average Bonchev–Trinajstić information content (AvgIpc) is 2.15. The van der Waals surface area contributed by atoms with Gasteiger partial charge in [0.15, 0.2) is 0 Å². The van der Waals surface area contributed by atoms with E-state index in [1.54, 1.807) is 0 Å². The van der Waals surface area contributed by atoms with Crippen LogP contribution in [0.4, 0.5) is 13.2 Å². The zero-order chi connectivity index (χ0) is 12.3. The van der Waals surface area contributed by atoms with Gasteiger partial charge in [-0.15, -0.1) is 0 Å². The van der Waals surface area contributed by atoms with Crippen molar-refractivity contribution in [2.75, 3.05) is 0 Å². The van der Waals surface area contributed by atoms with Crippen LogP contribution in [0.3, 0.4) is 0 Å².